The molecule has 0 radical (unpaired) electrons. The number of Topliss-reactive ketones (excluding diaryl/α,β-unsaturated/α-hetero) is 1. The van der Waals surface area contributed by atoms with Crippen LogP contribution in [-0.4, -0.2) is 30.8 Å². The molecule has 1 heterocycles. The average molecular weight is 381 g/mol. The lowest BCUT2D eigenvalue weighted by molar-refractivity contribution is -0.142. The van der Waals surface area contributed by atoms with Crippen molar-refractivity contribution in [1.29, 1.82) is 0 Å². The van der Waals surface area contributed by atoms with Crippen LogP contribution in [-0.2, 0) is 9.53 Å². The minimum absolute atomic E-state index is 0.00290. The van der Waals surface area contributed by atoms with Crippen molar-refractivity contribution in [2.45, 2.75) is 19.8 Å². The number of halogens is 2. The van der Waals surface area contributed by atoms with E-state index in [4.69, 9.17) is 4.74 Å². The van der Waals surface area contributed by atoms with Crippen LogP contribution in [0.25, 0.3) is 0 Å². The van der Waals surface area contributed by atoms with Crippen LogP contribution >= 0.6 is 11.3 Å². The Morgan fingerprint density at radius 3 is 2.58 bits per heavy atom. The molecule has 138 valence electrons. The van der Waals surface area contributed by atoms with Crippen molar-refractivity contribution in [3.63, 3.8) is 0 Å². The summed E-state index contributed by atoms with van der Waals surface area (Å²) < 4.78 is 31.1. The number of aryl methyl sites for hydroxylation is 1. The van der Waals surface area contributed by atoms with E-state index in [1.165, 1.54) is 11.3 Å². The second-order valence-corrected chi connectivity index (χ2v) is 6.77. The molecule has 8 heteroatoms. The van der Waals surface area contributed by atoms with Crippen LogP contribution in [0.15, 0.2) is 30.3 Å². The fraction of sp³-hybridized carbons (Fsp3) is 0.278. The molecule has 0 aliphatic rings. The molecule has 1 aromatic carbocycles. The van der Waals surface area contributed by atoms with Crippen molar-refractivity contribution in [1.82, 2.24) is 5.32 Å². The number of nitrogens with one attached hydrogen (secondary N) is 1. The SMILES string of the molecule is Cc1ccc(C(=O)COC(=O)CCCNC(=O)c2ccc(F)cc2F)s1. The van der Waals surface area contributed by atoms with Gasteiger partial charge in [-0.25, -0.2) is 8.78 Å². The molecule has 0 saturated carbocycles. The number of thiophene rings is 1. The second-order valence-electron chi connectivity index (χ2n) is 5.48. The summed E-state index contributed by atoms with van der Waals surface area (Å²) in [6.07, 6.45) is 0.266. The predicted octanol–water partition coefficient (Wildman–Crippen LogP) is 3.27. The Bertz CT molecular complexity index is 819. The third kappa shape index (κ3) is 5.73. The van der Waals surface area contributed by atoms with Gasteiger partial charge in [-0.2, -0.15) is 0 Å². The molecule has 0 unspecified atom stereocenters. The maximum absolute atomic E-state index is 13.4. The highest BCUT2D eigenvalue weighted by Gasteiger charge is 2.13. The van der Waals surface area contributed by atoms with Crippen LogP contribution in [0, 0.1) is 18.6 Å². The van der Waals surface area contributed by atoms with E-state index in [0.717, 1.165) is 17.0 Å². The number of hydrogen-bond donors (Lipinski definition) is 1. The molecule has 5 nitrogen and oxygen atoms in total. The molecule has 0 saturated heterocycles. The Morgan fingerprint density at radius 1 is 1.15 bits per heavy atom. The zero-order valence-electron chi connectivity index (χ0n) is 14.0. The van der Waals surface area contributed by atoms with Gasteiger partial charge in [0.05, 0.1) is 10.4 Å². The van der Waals surface area contributed by atoms with E-state index in [1.54, 1.807) is 6.07 Å². The first-order valence-corrected chi connectivity index (χ1v) is 8.67. The quantitative estimate of drug-likeness (QED) is 0.433. The van der Waals surface area contributed by atoms with Gasteiger partial charge in [0.25, 0.3) is 5.91 Å². The highest BCUT2D eigenvalue weighted by atomic mass is 32.1. The molecule has 1 amide bonds. The van der Waals surface area contributed by atoms with Crippen molar-refractivity contribution in [3.05, 3.63) is 57.3 Å². The Kier molecular flexibility index (Phi) is 6.97. The Labute approximate surface area is 153 Å². The van der Waals surface area contributed by atoms with Crippen molar-refractivity contribution >= 4 is 29.0 Å². The zero-order valence-corrected chi connectivity index (χ0v) is 14.8. The van der Waals surface area contributed by atoms with E-state index in [1.807, 2.05) is 13.0 Å². The van der Waals surface area contributed by atoms with Crippen LogP contribution in [0.5, 0.6) is 0 Å². The molecule has 0 atom stereocenters. The summed E-state index contributed by atoms with van der Waals surface area (Å²) in [5, 5.41) is 2.43. The first-order valence-electron chi connectivity index (χ1n) is 7.85. The number of ether oxygens (including phenoxy) is 1. The van der Waals surface area contributed by atoms with Crippen LogP contribution in [0.3, 0.4) is 0 Å². The number of hydrogen-bond acceptors (Lipinski definition) is 5. The van der Waals surface area contributed by atoms with Crippen molar-refractivity contribution in [2.24, 2.45) is 0 Å². The van der Waals surface area contributed by atoms with Gasteiger partial charge in [0.2, 0.25) is 5.78 Å². The third-order valence-corrected chi connectivity index (χ3v) is 4.44. The number of benzene rings is 1. The van der Waals surface area contributed by atoms with Gasteiger partial charge in [0.15, 0.2) is 6.61 Å². The van der Waals surface area contributed by atoms with Crippen molar-refractivity contribution < 1.29 is 27.9 Å². The number of esters is 1. The molecule has 0 fully saturated rings. The summed E-state index contributed by atoms with van der Waals surface area (Å²) in [7, 11) is 0. The topological polar surface area (TPSA) is 72.5 Å². The third-order valence-electron chi connectivity index (χ3n) is 3.40. The largest absolute Gasteiger partial charge is 0.457 e. The number of carbonyl (C=O) groups is 3. The molecule has 0 bridgehead atoms. The second kappa shape index (κ2) is 9.19. The molecule has 1 aromatic heterocycles. The summed E-state index contributed by atoms with van der Waals surface area (Å²) in [5.74, 6) is -3.25. The normalized spacial score (nSPS) is 10.4. The van der Waals surface area contributed by atoms with E-state index < -0.39 is 23.5 Å². The molecule has 26 heavy (non-hydrogen) atoms. The Hall–Kier alpha value is -2.61. The van der Waals surface area contributed by atoms with Crippen LogP contribution in [0.2, 0.25) is 0 Å². The van der Waals surface area contributed by atoms with Gasteiger partial charge >= 0.3 is 5.97 Å². The number of carbonyl (C=O) groups excluding carboxylic acids is 3. The molecule has 0 aliphatic heterocycles. The number of rotatable bonds is 8. The van der Waals surface area contributed by atoms with E-state index in [2.05, 4.69) is 5.32 Å². The maximum Gasteiger partial charge on any atom is 0.306 e. The fourth-order valence-corrected chi connectivity index (χ4v) is 2.87. The maximum atomic E-state index is 13.4. The summed E-state index contributed by atoms with van der Waals surface area (Å²) in [6.45, 7) is 1.66. The summed E-state index contributed by atoms with van der Waals surface area (Å²) in [4.78, 5) is 36.7. The van der Waals surface area contributed by atoms with Gasteiger partial charge in [0, 0.05) is 23.9 Å². The van der Waals surface area contributed by atoms with Gasteiger partial charge in [-0.05, 0) is 37.6 Å². The lowest BCUT2D eigenvalue weighted by atomic mass is 10.2. The smallest absolute Gasteiger partial charge is 0.306 e. The molecule has 2 rings (SSSR count). The van der Waals surface area contributed by atoms with E-state index in [-0.39, 0.29) is 37.3 Å². The highest BCUT2D eigenvalue weighted by Crippen LogP contribution is 2.15. The fourth-order valence-electron chi connectivity index (χ4n) is 2.08. The van der Waals surface area contributed by atoms with Crippen LogP contribution in [0.1, 0.15) is 37.7 Å². The monoisotopic (exact) mass is 381 g/mol. The highest BCUT2D eigenvalue weighted by molar-refractivity contribution is 7.14. The first-order chi connectivity index (χ1) is 12.4. The lowest BCUT2D eigenvalue weighted by Crippen LogP contribution is -2.26. The van der Waals surface area contributed by atoms with E-state index in [0.29, 0.717) is 10.9 Å². The first kappa shape index (κ1) is 19.7. The van der Waals surface area contributed by atoms with Gasteiger partial charge in [-0.1, -0.05) is 0 Å². The van der Waals surface area contributed by atoms with Gasteiger partial charge in [0.1, 0.15) is 11.6 Å². The Morgan fingerprint density at radius 2 is 1.92 bits per heavy atom. The molecular weight excluding hydrogens is 364 g/mol. The average Bonchev–Trinajstić information content (AvgIpc) is 3.03. The molecule has 0 aliphatic carbocycles. The van der Waals surface area contributed by atoms with Crippen molar-refractivity contribution in [3.8, 4) is 0 Å². The van der Waals surface area contributed by atoms with E-state index >= 15 is 0 Å². The molecular formula is C18H17F2NO4S. The van der Waals surface area contributed by atoms with Crippen LogP contribution < -0.4 is 5.32 Å². The van der Waals surface area contributed by atoms with Gasteiger partial charge < -0.3 is 10.1 Å². The van der Waals surface area contributed by atoms with Crippen LogP contribution in [0.4, 0.5) is 8.78 Å². The standard InChI is InChI=1S/C18H17F2NO4S/c1-11-4-7-16(26-11)15(22)10-25-17(23)3-2-8-21-18(24)13-6-5-12(19)9-14(13)20/h4-7,9H,2-3,8,10H2,1H3,(H,21,24). The minimum atomic E-state index is -0.954. The minimum Gasteiger partial charge on any atom is -0.457 e. The summed E-state index contributed by atoms with van der Waals surface area (Å²) in [5.41, 5.74) is -0.272. The molecule has 1 N–H and O–H groups in total. The molecule has 0 spiro atoms. The predicted molar refractivity (Wildman–Crippen MR) is 92.3 cm³/mol. The Balaban J connectivity index is 1.66. The number of ketones is 1. The van der Waals surface area contributed by atoms with Crippen molar-refractivity contribution in [2.75, 3.05) is 13.2 Å². The number of amides is 1. The zero-order chi connectivity index (χ0) is 19.1. The summed E-state index contributed by atoms with van der Waals surface area (Å²) in [6, 6.07) is 6.15. The summed E-state index contributed by atoms with van der Waals surface area (Å²) >= 11 is 1.33. The van der Waals surface area contributed by atoms with Gasteiger partial charge in [-0.15, -0.1) is 11.3 Å². The molecule has 2 aromatic rings. The van der Waals surface area contributed by atoms with E-state index in [9.17, 15) is 23.2 Å². The van der Waals surface area contributed by atoms with Gasteiger partial charge in [-0.3, -0.25) is 14.4 Å². The lowest BCUT2D eigenvalue weighted by Gasteiger charge is -2.06.